The molecule has 4 heteroatoms. The number of likely N-dealkylation sites (tertiary alicyclic amines) is 1. The second kappa shape index (κ2) is 6.06. The number of carbonyl (C=O) groups is 1. The van der Waals surface area contributed by atoms with Crippen LogP contribution >= 0.6 is 0 Å². The normalized spacial score (nSPS) is 26.3. The highest BCUT2D eigenvalue weighted by molar-refractivity contribution is 5.98. The first-order chi connectivity index (χ1) is 10.1. The highest BCUT2D eigenvalue weighted by atomic mass is 16.3. The van der Waals surface area contributed by atoms with Crippen LogP contribution in [0.2, 0.25) is 0 Å². The van der Waals surface area contributed by atoms with Gasteiger partial charge in [-0.3, -0.25) is 9.69 Å². The van der Waals surface area contributed by atoms with Crippen LogP contribution in [-0.4, -0.2) is 40.0 Å². The lowest BCUT2D eigenvalue weighted by molar-refractivity contribution is 0.0539. The Labute approximate surface area is 125 Å². The van der Waals surface area contributed by atoms with Crippen molar-refractivity contribution in [3.63, 3.8) is 0 Å². The van der Waals surface area contributed by atoms with Gasteiger partial charge in [0.15, 0.2) is 17.3 Å². The van der Waals surface area contributed by atoms with E-state index in [1.807, 2.05) is 0 Å². The molecule has 2 aliphatic rings. The quantitative estimate of drug-likeness (QED) is 0.663. The van der Waals surface area contributed by atoms with Crippen LogP contribution in [0.1, 0.15) is 48.9 Å². The molecule has 1 heterocycles. The second-order valence-corrected chi connectivity index (χ2v) is 6.35. The number of carbonyl (C=O) groups excluding carboxylic acids is 1. The van der Waals surface area contributed by atoms with Gasteiger partial charge in [0, 0.05) is 11.6 Å². The van der Waals surface area contributed by atoms with Gasteiger partial charge < -0.3 is 10.2 Å². The molecule has 2 fully saturated rings. The Hall–Kier alpha value is -1.55. The van der Waals surface area contributed by atoms with Gasteiger partial charge in [-0.2, -0.15) is 0 Å². The Kier molecular flexibility index (Phi) is 4.15. The maximum absolute atomic E-state index is 12.4. The molecule has 1 saturated heterocycles. The molecular formula is C17H23NO3. The number of piperidine rings is 1. The number of fused-ring (bicyclic) bond motifs is 1. The number of ketones is 1. The Balaban J connectivity index is 1.69. The lowest BCUT2D eigenvalue weighted by atomic mass is 9.78. The van der Waals surface area contributed by atoms with Crippen molar-refractivity contribution in [2.75, 3.05) is 13.1 Å². The Morgan fingerprint density at radius 3 is 2.67 bits per heavy atom. The zero-order valence-corrected chi connectivity index (χ0v) is 12.3. The predicted octanol–water partition coefficient (Wildman–Crippen LogP) is 2.94. The zero-order valence-electron chi connectivity index (χ0n) is 12.3. The predicted molar refractivity (Wildman–Crippen MR) is 80.7 cm³/mol. The van der Waals surface area contributed by atoms with Crippen molar-refractivity contribution < 1.29 is 15.0 Å². The third kappa shape index (κ3) is 3.05. The molecule has 2 N–H and O–H groups in total. The minimum Gasteiger partial charge on any atom is -0.504 e. The first kappa shape index (κ1) is 14.4. The number of Topliss-reactive ketones (excluding diaryl/α,β-unsaturated/α-hetero) is 1. The van der Waals surface area contributed by atoms with Gasteiger partial charge in [-0.15, -0.1) is 0 Å². The summed E-state index contributed by atoms with van der Waals surface area (Å²) in [7, 11) is 0. The molecule has 1 aliphatic carbocycles. The average Bonchev–Trinajstić information content (AvgIpc) is 2.50. The number of aromatic hydroxyl groups is 2. The van der Waals surface area contributed by atoms with E-state index in [1.54, 1.807) is 6.07 Å². The van der Waals surface area contributed by atoms with Crippen LogP contribution in [0.5, 0.6) is 11.5 Å². The second-order valence-electron chi connectivity index (χ2n) is 6.35. The summed E-state index contributed by atoms with van der Waals surface area (Å²) in [6.45, 7) is 1.42. The molecule has 2 unspecified atom stereocenters. The number of phenols is 2. The van der Waals surface area contributed by atoms with Crippen LogP contribution in [0.25, 0.3) is 0 Å². The van der Waals surface area contributed by atoms with Crippen molar-refractivity contribution >= 4 is 5.78 Å². The summed E-state index contributed by atoms with van der Waals surface area (Å²) < 4.78 is 0. The van der Waals surface area contributed by atoms with E-state index < -0.39 is 0 Å². The van der Waals surface area contributed by atoms with E-state index >= 15 is 0 Å². The molecule has 0 bridgehead atoms. The minimum absolute atomic E-state index is 0.0246. The molecular weight excluding hydrogens is 266 g/mol. The number of rotatable bonds is 3. The highest BCUT2D eigenvalue weighted by Gasteiger charge is 2.33. The maximum atomic E-state index is 12.4. The number of hydrogen-bond donors (Lipinski definition) is 2. The van der Waals surface area contributed by atoms with Crippen LogP contribution < -0.4 is 0 Å². The number of nitrogens with zero attached hydrogens (tertiary/aromatic N) is 1. The molecule has 114 valence electrons. The molecule has 0 radical (unpaired) electrons. The Morgan fingerprint density at radius 2 is 1.86 bits per heavy atom. The summed E-state index contributed by atoms with van der Waals surface area (Å²) >= 11 is 0. The summed E-state index contributed by atoms with van der Waals surface area (Å²) in [6, 6.07) is 4.88. The van der Waals surface area contributed by atoms with Crippen LogP contribution in [0.3, 0.4) is 0 Å². The highest BCUT2D eigenvalue weighted by Crippen LogP contribution is 2.35. The van der Waals surface area contributed by atoms with Gasteiger partial charge in [-0.05, 0) is 56.3 Å². The molecule has 1 saturated carbocycles. The van der Waals surface area contributed by atoms with E-state index in [1.165, 1.54) is 50.7 Å². The molecule has 4 nitrogen and oxygen atoms in total. The lowest BCUT2D eigenvalue weighted by Crippen LogP contribution is -2.48. The molecule has 1 aromatic carbocycles. The molecule has 0 amide bonds. The van der Waals surface area contributed by atoms with Crippen molar-refractivity contribution in [2.45, 2.75) is 44.6 Å². The summed E-state index contributed by atoms with van der Waals surface area (Å²) in [6.07, 6.45) is 7.58. The van der Waals surface area contributed by atoms with Gasteiger partial charge in [0.05, 0.1) is 6.54 Å². The summed E-state index contributed by atoms with van der Waals surface area (Å²) in [4.78, 5) is 14.7. The SMILES string of the molecule is O=C(CN1CCCC2CCCCC21)c1ccc(O)c(O)c1. The largest absolute Gasteiger partial charge is 0.504 e. The van der Waals surface area contributed by atoms with Gasteiger partial charge in [0.25, 0.3) is 0 Å². The fourth-order valence-corrected chi connectivity index (χ4v) is 3.90. The van der Waals surface area contributed by atoms with Crippen molar-refractivity contribution in [3.05, 3.63) is 23.8 Å². The fraction of sp³-hybridized carbons (Fsp3) is 0.588. The molecule has 1 aromatic rings. The smallest absolute Gasteiger partial charge is 0.176 e. The lowest BCUT2D eigenvalue weighted by Gasteiger charge is -2.43. The van der Waals surface area contributed by atoms with Crippen LogP contribution in [0.15, 0.2) is 18.2 Å². The number of hydrogen-bond acceptors (Lipinski definition) is 4. The molecule has 2 atom stereocenters. The molecule has 21 heavy (non-hydrogen) atoms. The van der Waals surface area contributed by atoms with Gasteiger partial charge in [-0.1, -0.05) is 12.8 Å². The van der Waals surface area contributed by atoms with Crippen molar-refractivity contribution in [3.8, 4) is 11.5 Å². The maximum Gasteiger partial charge on any atom is 0.176 e. The van der Waals surface area contributed by atoms with Crippen LogP contribution in [0, 0.1) is 5.92 Å². The minimum atomic E-state index is -0.227. The van der Waals surface area contributed by atoms with Gasteiger partial charge in [0.1, 0.15) is 0 Å². The van der Waals surface area contributed by atoms with E-state index in [4.69, 9.17) is 0 Å². The van der Waals surface area contributed by atoms with Crippen molar-refractivity contribution in [1.82, 2.24) is 4.90 Å². The van der Waals surface area contributed by atoms with Crippen molar-refractivity contribution in [2.24, 2.45) is 5.92 Å². The summed E-state index contributed by atoms with van der Waals surface area (Å²) in [5.74, 6) is 0.372. The van der Waals surface area contributed by atoms with Crippen LogP contribution in [-0.2, 0) is 0 Å². The van der Waals surface area contributed by atoms with E-state index in [0.29, 0.717) is 18.2 Å². The third-order valence-corrected chi connectivity index (χ3v) is 5.00. The Morgan fingerprint density at radius 1 is 1.10 bits per heavy atom. The topological polar surface area (TPSA) is 60.8 Å². The standard InChI is InChI=1S/C17H23NO3/c19-15-8-7-13(10-16(15)20)17(21)11-18-9-3-5-12-4-1-2-6-14(12)18/h7-8,10,12,14,19-20H,1-6,9,11H2. The van der Waals surface area contributed by atoms with Gasteiger partial charge in [-0.25, -0.2) is 0 Å². The van der Waals surface area contributed by atoms with Gasteiger partial charge in [0.2, 0.25) is 0 Å². The number of phenolic OH excluding ortho intramolecular Hbond substituents is 2. The van der Waals surface area contributed by atoms with Gasteiger partial charge >= 0.3 is 0 Å². The first-order valence-electron chi connectivity index (χ1n) is 7.94. The van der Waals surface area contributed by atoms with E-state index in [2.05, 4.69) is 4.90 Å². The molecule has 1 aliphatic heterocycles. The average molecular weight is 289 g/mol. The third-order valence-electron chi connectivity index (χ3n) is 5.00. The summed E-state index contributed by atoms with van der Waals surface area (Å²) in [5.41, 5.74) is 0.475. The number of benzene rings is 1. The van der Waals surface area contributed by atoms with E-state index in [-0.39, 0.29) is 17.3 Å². The Bertz CT molecular complexity index is 527. The molecule has 0 aromatic heterocycles. The zero-order chi connectivity index (χ0) is 14.8. The molecule has 3 rings (SSSR count). The monoisotopic (exact) mass is 289 g/mol. The van der Waals surface area contributed by atoms with E-state index in [9.17, 15) is 15.0 Å². The van der Waals surface area contributed by atoms with E-state index in [0.717, 1.165) is 12.5 Å². The fourth-order valence-electron chi connectivity index (χ4n) is 3.90. The summed E-state index contributed by atoms with van der Waals surface area (Å²) in [5, 5.41) is 18.9. The van der Waals surface area contributed by atoms with Crippen molar-refractivity contribution in [1.29, 1.82) is 0 Å². The molecule has 0 spiro atoms. The van der Waals surface area contributed by atoms with Crippen LogP contribution in [0.4, 0.5) is 0 Å². The first-order valence-corrected chi connectivity index (χ1v) is 7.94.